The second-order valence-electron chi connectivity index (χ2n) is 6.78. The maximum absolute atomic E-state index is 13.2. The van der Waals surface area contributed by atoms with Gasteiger partial charge in [-0.2, -0.15) is 0 Å². The molecule has 2 heterocycles. The number of fused-ring (bicyclic) bond motifs is 1. The van der Waals surface area contributed by atoms with Gasteiger partial charge in [-0.05, 0) is 38.5 Å². The summed E-state index contributed by atoms with van der Waals surface area (Å²) in [5, 5.41) is 4.28. The van der Waals surface area contributed by atoms with Crippen molar-refractivity contribution in [3.05, 3.63) is 50.2 Å². The van der Waals surface area contributed by atoms with Gasteiger partial charge in [-0.15, -0.1) is 11.3 Å². The van der Waals surface area contributed by atoms with Crippen molar-refractivity contribution < 1.29 is 9.59 Å². The Kier molecular flexibility index (Phi) is 6.95. The van der Waals surface area contributed by atoms with Crippen LogP contribution in [0.4, 0.5) is 5.69 Å². The number of nitrogens with zero attached hydrogens (tertiary/aromatic N) is 3. The van der Waals surface area contributed by atoms with Crippen molar-refractivity contribution in [3.8, 4) is 0 Å². The third kappa shape index (κ3) is 4.43. The summed E-state index contributed by atoms with van der Waals surface area (Å²) in [7, 11) is 0. The Morgan fingerprint density at radius 2 is 1.80 bits per heavy atom. The van der Waals surface area contributed by atoms with Gasteiger partial charge in [0.2, 0.25) is 5.91 Å². The average molecular weight is 465 g/mol. The molecule has 0 saturated carbocycles. The van der Waals surface area contributed by atoms with Crippen molar-refractivity contribution >= 4 is 62.3 Å². The number of benzene rings is 1. The maximum atomic E-state index is 13.2. The summed E-state index contributed by atoms with van der Waals surface area (Å²) in [4.78, 5) is 37.7. The molecule has 1 aromatic carbocycles. The van der Waals surface area contributed by atoms with Gasteiger partial charge in [0.05, 0.1) is 20.6 Å². The molecule has 0 atom stereocenters. The number of amides is 2. The van der Waals surface area contributed by atoms with E-state index in [2.05, 4.69) is 15.3 Å². The van der Waals surface area contributed by atoms with Crippen LogP contribution in [0.15, 0.2) is 18.2 Å². The van der Waals surface area contributed by atoms with Crippen molar-refractivity contribution in [1.82, 2.24) is 14.9 Å². The Morgan fingerprint density at radius 1 is 1.13 bits per heavy atom. The van der Waals surface area contributed by atoms with Gasteiger partial charge < -0.3 is 10.2 Å². The van der Waals surface area contributed by atoms with Crippen LogP contribution < -0.4 is 5.32 Å². The predicted octanol–water partition coefficient (Wildman–Crippen LogP) is 5.28. The Labute approximate surface area is 189 Å². The number of hydrogen-bond acceptors (Lipinski definition) is 5. The van der Waals surface area contributed by atoms with E-state index in [9.17, 15) is 9.59 Å². The van der Waals surface area contributed by atoms with Crippen molar-refractivity contribution in [1.29, 1.82) is 0 Å². The quantitative estimate of drug-likeness (QED) is 0.538. The highest BCUT2D eigenvalue weighted by molar-refractivity contribution is 7.20. The van der Waals surface area contributed by atoms with Crippen LogP contribution in [0.25, 0.3) is 10.2 Å². The van der Waals surface area contributed by atoms with Crippen molar-refractivity contribution in [2.45, 2.75) is 34.1 Å². The largest absolute Gasteiger partial charge is 0.329 e. The number of hydrogen-bond donors (Lipinski definition) is 1. The molecule has 1 N–H and O–H groups in total. The lowest BCUT2D eigenvalue weighted by molar-refractivity contribution is -0.116. The number of aromatic nitrogens is 2. The van der Waals surface area contributed by atoms with Crippen LogP contribution in [0.3, 0.4) is 0 Å². The molecule has 0 unspecified atom stereocenters. The molecule has 9 heteroatoms. The molecule has 6 nitrogen and oxygen atoms in total. The van der Waals surface area contributed by atoms with Gasteiger partial charge in [-0.25, -0.2) is 9.97 Å². The topological polar surface area (TPSA) is 75.2 Å². The molecule has 0 bridgehead atoms. The van der Waals surface area contributed by atoms with Crippen molar-refractivity contribution in [2.75, 3.05) is 18.4 Å². The number of rotatable bonds is 6. The van der Waals surface area contributed by atoms with E-state index >= 15 is 0 Å². The molecule has 0 aliphatic carbocycles. The van der Waals surface area contributed by atoms with Crippen LogP contribution >= 0.6 is 34.5 Å². The first-order chi connectivity index (χ1) is 14.3. The van der Waals surface area contributed by atoms with Crippen LogP contribution in [-0.2, 0) is 11.2 Å². The molecule has 158 valence electrons. The van der Waals surface area contributed by atoms with Gasteiger partial charge in [0, 0.05) is 24.0 Å². The molecule has 0 saturated heterocycles. The van der Waals surface area contributed by atoms with E-state index in [0.29, 0.717) is 27.2 Å². The minimum Gasteiger partial charge on any atom is -0.329 e. The number of aryl methyl sites for hydroxylation is 3. The Bertz CT molecular complexity index is 1110. The Hall–Kier alpha value is -2.22. The summed E-state index contributed by atoms with van der Waals surface area (Å²) >= 11 is 13.6. The standard InChI is InChI=1S/C21H22Cl2N4O2S/c1-5-15-24-12(4)17-11(3)19(30-20(17)25-15)21(29)27(6-2)10-16(28)26-18-13(22)8-7-9-14(18)23/h7-9H,5-6,10H2,1-4H3,(H,26,28). The Balaban J connectivity index is 1.85. The molecule has 2 amide bonds. The number of anilines is 1. The molecule has 0 aliphatic heterocycles. The van der Waals surface area contributed by atoms with Crippen LogP contribution in [0, 0.1) is 13.8 Å². The zero-order valence-corrected chi connectivity index (χ0v) is 19.5. The SMILES string of the molecule is CCc1nc(C)c2c(C)c(C(=O)N(CC)CC(=O)Nc3c(Cl)cccc3Cl)sc2n1. The molecule has 0 fully saturated rings. The summed E-state index contributed by atoms with van der Waals surface area (Å²) in [6, 6.07) is 4.97. The van der Waals surface area contributed by atoms with Gasteiger partial charge in [0.1, 0.15) is 17.2 Å². The van der Waals surface area contributed by atoms with E-state index in [1.54, 1.807) is 18.2 Å². The van der Waals surface area contributed by atoms with Crippen LogP contribution in [0.1, 0.15) is 40.6 Å². The molecule has 0 spiro atoms. The average Bonchev–Trinajstić information content (AvgIpc) is 3.05. The van der Waals surface area contributed by atoms with E-state index in [0.717, 1.165) is 33.7 Å². The number of carbonyl (C=O) groups is 2. The number of thiophene rings is 1. The third-order valence-electron chi connectivity index (χ3n) is 4.76. The zero-order chi connectivity index (χ0) is 22.0. The van der Waals surface area contributed by atoms with Crippen LogP contribution in [0.5, 0.6) is 0 Å². The number of carbonyl (C=O) groups excluding carboxylic acids is 2. The smallest absolute Gasteiger partial charge is 0.264 e. The van der Waals surface area contributed by atoms with E-state index in [1.807, 2.05) is 27.7 Å². The normalized spacial score (nSPS) is 11.0. The summed E-state index contributed by atoms with van der Waals surface area (Å²) in [6.07, 6.45) is 0.725. The minimum absolute atomic E-state index is 0.116. The molecule has 3 aromatic rings. The highest BCUT2D eigenvalue weighted by Crippen LogP contribution is 2.33. The van der Waals surface area contributed by atoms with E-state index in [-0.39, 0.29) is 18.4 Å². The number of nitrogens with one attached hydrogen (secondary N) is 1. The summed E-state index contributed by atoms with van der Waals surface area (Å²) < 4.78 is 0. The van der Waals surface area contributed by atoms with Crippen molar-refractivity contribution in [2.24, 2.45) is 0 Å². The fraction of sp³-hybridized carbons (Fsp3) is 0.333. The highest BCUT2D eigenvalue weighted by Gasteiger charge is 2.24. The number of likely N-dealkylation sites (N-methyl/N-ethyl adjacent to an activating group) is 1. The molecule has 2 aromatic heterocycles. The summed E-state index contributed by atoms with van der Waals surface area (Å²) in [5.41, 5.74) is 2.04. The van der Waals surface area contributed by atoms with Crippen molar-refractivity contribution in [3.63, 3.8) is 0 Å². The lowest BCUT2D eigenvalue weighted by Crippen LogP contribution is -2.37. The predicted molar refractivity (Wildman–Crippen MR) is 123 cm³/mol. The monoisotopic (exact) mass is 464 g/mol. The molecular weight excluding hydrogens is 443 g/mol. The van der Waals surface area contributed by atoms with E-state index < -0.39 is 0 Å². The van der Waals surface area contributed by atoms with Gasteiger partial charge in [-0.1, -0.05) is 36.2 Å². The van der Waals surface area contributed by atoms with Gasteiger partial charge >= 0.3 is 0 Å². The molecule has 30 heavy (non-hydrogen) atoms. The fourth-order valence-electron chi connectivity index (χ4n) is 3.20. The zero-order valence-electron chi connectivity index (χ0n) is 17.2. The first-order valence-corrected chi connectivity index (χ1v) is 11.1. The van der Waals surface area contributed by atoms with E-state index in [4.69, 9.17) is 23.2 Å². The fourth-order valence-corrected chi connectivity index (χ4v) is 4.91. The third-order valence-corrected chi connectivity index (χ3v) is 6.56. The first kappa shape index (κ1) is 22.5. The van der Waals surface area contributed by atoms with Gasteiger partial charge in [0.15, 0.2) is 0 Å². The lowest BCUT2D eigenvalue weighted by atomic mass is 10.1. The van der Waals surface area contributed by atoms with Crippen LogP contribution in [0.2, 0.25) is 10.0 Å². The van der Waals surface area contributed by atoms with Crippen LogP contribution in [-0.4, -0.2) is 39.8 Å². The number of para-hydroxylation sites is 1. The second kappa shape index (κ2) is 9.29. The van der Waals surface area contributed by atoms with E-state index in [1.165, 1.54) is 16.2 Å². The molecule has 3 rings (SSSR count). The Morgan fingerprint density at radius 3 is 2.40 bits per heavy atom. The molecular formula is C21H22Cl2N4O2S. The molecule has 0 aliphatic rings. The highest BCUT2D eigenvalue weighted by atomic mass is 35.5. The number of halogens is 2. The summed E-state index contributed by atoms with van der Waals surface area (Å²) in [5.74, 6) is 0.169. The minimum atomic E-state index is -0.372. The first-order valence-electron chi connectivity index (χ1n) is 9.56. The maximum Gasteiger partial charge on any atom is 0.264 e. The second-order valence-corrected chi connectivity index (χ2v) is 8.59. The molecule has 0 radical (unpaired) electrons. The van der Waals surface area contributed by atoms with Gasteiger partial charge in [0.25, 0.3) is 5.91 Å². The lowest BCUT2D eigenvalue weighted by Gasteiger charge is -2.20. The van der Waals surface area contributed by atoms with Gasteiger partial charge in [-0.3, -0.25) is 9.59 Å². The summed E-state index contributed by atoms with van der Waals surface area (Å²) in [6.45, 7) is 7.91.